The third-order valence-electron chi connectivity index (χ3n) is 3.03. The first-order valence-electron chi connectivity index (χ1n) is 5.66. The number of rotatable bonds is 3. The molecule has 0 spiro atoms. The van der Waals surface area contributed by atoms with Gasteiger partial charge in [-0.15, -0.1) is 0 Å². The fourth-order valence-corrected chi connectivity index (χ4v) is 2.21. The minimum absolute atomic E-state index is 0.259. The topological polar surface area (TPSA) is 75.5 Å². The molecule has 0 aromatic carbocycles. The number of aromatic nitrogens is 2. The Morgan fingerprint density at radius 3 is 2.78 bits per heavy atom. The molecule has 1 aliphatic heterocycles. The van der Waals surface area contributed by atoms with Gasteiger partial charge in [0.25, 0.3) is 0 Å². The van der Waals surface area contributed by atoms with E-state index in [1.54, 1.807) is 0 Å². The number of aliphatic carboxylic acids is 1. The Morgan fingerprint density at radius 1 is 1.56 bits per heavy atom. The average molecular weight is 272 g/mol. The summed E-state index contributed by atoms with van der Waals surface area (Å²) >= 11 is 6.05. The Morgan fingerprint density at radius 2 is 2.22 bits per heavy atom. The number of hydrogen-bond donors (Lipinski definition) is 1. The van der Waals surface area contributed by atoms with Crippen molar-refractivity contribution in [2.45, 2.75) is 12.8 Å². The molecule has 0 unspecified atom stereocenters. The molecule has 0 radical (unpaired) electrons. The van der Waals surface area contributed by atoms with E-state index in [1.807, 2.05) is 4.90 Å². The lowest BCUT2D eigenvalue weighted by Crippen LogP contribution is -2.37. The number of piperidine rings is 1. The number of ether oxygens (including phenoxy) is 1. The lowest BCUT2D eigenvalue weighted by Gasteiger charge is -2.31. The van der Waals surface area contributed by atoms with Gasteiger partial charge in [-0.3, -0.25) is 4.79 Å². The van der Waals surface area contributed by atoms with Crippen molar-refractivity contribution in [3.63, 3.8) is 0 Å². The van der Waals surface area contributed by atoms with Gasteiger partial charge in [-0.1, -0.05) is 11.6 Å². The van der Waals surface area contributed by atoms with Crippen LogP contribution in [0.3, 0.4) is 0 Å². The molecular weight excluding hydrogens is 258 g/mol. The highest BCUT2D eigenvalue weighted by Gasteiger charge is 2.26. The molecule has 1 N–H and O–H groups in total. The number of nitrogens with zero attached hydrogens (tertiary/aromatic N) is 3. The van der Waals surface area contributed by atoms with Gasteiger partial charge in [-0.05, 0) is 12.8 Å². The molecule has 1 aliphatic rings. The maximum Gasteiger partial charge on any atom is 0.318 e. The van der Waals surface area contributed by atoms with Crippen molar-refractivity contribution in [3.8, 4) is 6.01 Å². The number of hydrogen-bond acceptors (Lipinski definition) is 5. The van der Waals surface area contributed by atoms with Gasteiger partial charge < -0.3 is 14.7 Å². The Labute approximate surface area is 110 Å². The van der Waals surface area contributed by atoms with E-state index >= 15 is 0 Å². The van der Waals surface area contributed by atoms with Crippen LogP contribution in [0, 0.1) is 5.92 Å². The second-order valence-electron chi connectivity index (χ2n) is 4.13. The minimum Gasteiger partial charge on any atom is -0.481 e. The summed E-state index contributed by atoms with van der Waals surface area (Å²) in [5.74, 6) is -0.405. The monoisotopic (exact) mass is 271 g/mol. The first kappa shape index (κ1) is 12.9. The highest BCUT2D eigenvalue weighted by molar-refractivity contribution is 6.32. The molecule has 1 saturated heterocycles. The zero-order chi connectivity index (χ0) is 13.1. The Balaban J connectivity index is 2.11. The van der Waals surface area contributed by atoms with Crippen molar-refractivity contribution >= 4 is 23.4 Å². The minimum atomic E-state index is -0.735. The molecule has 0 aliphatic carbocycles. The zero-order valence-corrected chi connectivity index (χ0v) is 10.7. The quantitative estimate of drug-likeness (QED) is 0.896. The summed E-state index contributed by atoms with van der Waals surface area (Å²) in [4.78, 5) is 20.9. The lowest BCUT2D eigenvalue weighted by molar-refractivity contribution is -0.142. The van der Waals surface area contributed by atoms with Crippen LogP contribution in [-0.4, -0.2) is 41.2 Å². The summed E-state index contributed by atoms with van der Waals surface area (Å²) in [5, 5.41) is 9.39. The summed E-state index contributed by atoms with van der Waals surface area (Å²) in [6.45, 7) is 1.24. The van der Waals surface area contributed by atoms with Gasteiger partial charge in [-0.2, -0.15) is 4.98 Å². The second kappa shape index (κ2) is 5.39. The van der Waals surface area contributed by atoms with Gasteiger partial charge >= 0.3 is 12.0 Å². The van der Waals surface area contributed by atoms with E-state index in [0.29, 0.717) is 36.8 Å². The Bertz CT molecular complexity index is 447. The SMILES string of the molecule is COc1ncc(Cl)c(N2CCC(C(=O)O)CC2)n1. The number of halogens is 1. The van der Waals surface area contributed by atoms with Crippen molar-refractivity contribution in [3.05, 3.63) is 11.2 Å². The molecule has 98 valence electrons. The number of anilines is 1. The molecule has 2 heterocycles. The van der Waals surface area contributed by atoms with Gasteiger partial charge in [0.05, 0.1) is 19.2 Å². The molecule has 0 atom stereocenters. The first-order chi connectivity index (χ1) is 8.61. The summed E-state index contributed by atoms with van der Waals surface area (Å²) < 4.78 is 4.96. The van der Waals surface area contributed by atoms with Crippen molar-refractivity contribution in [1.29, 1.82) is 0 Å². The van der Waals surface area contributed by atoms with Crippen molar-refractivity contribution in [1.82, 2.24) is 9.97 Å². The van der Waals surface area contributed by atoms with Crippen molar-refractivity contribution < 1.29 is 14.6 Å². The number of methoxy groups -OCH3 is 1. The summed E-state index contributed by atoms with van der Waals surface area (Å²) in [6, 6.07) is 0.259. The highest BCUT2D eigenvalue weighted by Crippen LogP contribution is 2.28. The molecule has 1 fully saturated rings. The molecule has 1 aromatic heterocycles. The van der Waals surface area contributed by atoms with E-state index in [-0.39, 0.29) is 11.9 Å². The van der Waals surface area contributed by atoms with Crippen LogP contribution in [0.2, 0.25) is 5.02 Å². The highest BCUT2D eigenvalue weighted by atomic mass is 35.5. The van der Waals surface area contributed by atoms with Crippen LogP contribution in [0.4, 0.5) is 5.82 Å². The zero-order valence-electron chi connectivity index (χ0n) is 9.97. The smallest absolute Gasteiger partial charge is 0.318 e. The maximum absolute atomic E-state index is 10.9. The van der Waals surface area contributed by atoms with Crippen molar-refractivity contribution in [2.24, 2.45) is 5.92 Å². The number of carbonyl (C=O) groups is 1. The third kappa shape index (κ3) is 2.64. The fourth-order valence-electron chi connectivity index (χ4n) is 2.00. The van der Waals surface area contributed by atoms with Gasteiger partial charge in [0.1, 0.15) is 5.02 Å². The van der Waals surface area contributed by atoms with E-state index in [0.717, 1.165) is 0 Å². The normalized spacial score (nSPS) is 16.7. The number of carboxylic acid groups (broad SMARTS) is 1. The molecule has 18 heavy (non-hydrogen) atoms. The van der Waals surface area contributed by atoms with E-state index in [1.165, 1.54) is 13.3 Å². The van der Waals surface area contributed by atoms with E-state index in [4.69, 9.17) is 21.4 Å². The lowest BCUT2D eigenvalue weighted by atomic mass is 9.97. The predicted molar refractivity (Wildman–Crippen MR) is 66.2 cm³/mol. The van der Waals surface area contributed by atoms with Crippen LogP contribution < -0.4 is 9.64 Å². The standard InChI is InChI=1S/C11H14ClN3O3/c1-18-11-13-6-8(12)9(14-11)15-4-2-7(3-5-15)10(16)17/h6-7H,2-5H2,1H3,(H,16,17). The largest absolute Gasteiger partial charge is 0.481 e. The predicted octanol–water partition coefficient (Wildman–Crippen LogP) is 1.44. The first-order valence-corrected chi connectivity index (χ1v) is 6.04. The van der Waals surface area contributed by atoms with E-state index in [2.05, 4.69) is 9.97 Å². The molecule has 2 rings (SSSR count). The van der Waals surface area contributed by atoms with E-state index in [9.17, 15) is 4.79 Å². The van der Waals surface area contributed by atoms with Crippen LogP contribution in [0.5, 0.6) is 6.01 Å². The van der Waals surface area contributed by atoms with Crippen LogP contribution >= 0.6 is 11.6 Å². The Kier molecular flexibility index (Phi) is 3.86. The Hall–Kier alpha value is -1.56. The summed E-state index contributed by atoms with van der Waals surface area (Å²) in [7, 11) is 1.49. The fraction of sp³-hybridized carbons (Fsp3) is 0.545. The third-order valence-corrected chi connectivity index (χ3v) is 3.30. The molecule has 1 aromatic rings. The van der Waals surface area contributed by atoms with Crippen LogP contribution in [-0.2, 0) is 4.79 Å². The second-order valence-corrected chi connectivity index (χ2v) is 4.54. The van der Waals surface area contributed by atoms with Gasteiger partial charge in [0.15, 0.2) is 5.82 Å². The maximum atomic E-state index is 10.9. The number of carboxylic acids is 1. The molecule has 7 heteroatoms. The molecular formula is C11H14ClN3O3. The average Bonchev–Trinajstić information content (AvgIpc) is 2.39. The van der Waals surface area contributed by atoms with Crippen LogP contribution in [0.1, 0.15) is 12.8 Å². The van der Waals surface area contributed by atoms with Gasteiger partial charge in [-0.25, -0.2) is 4.98 Å². The molecule has 0 amide bonds. The summed E-state index contributed by atoms with van der Waals surface area (Å²) in [6.07, 6.45) is 2.68. The van der Waals surface area contributed by atoms with E-state index < -0.39 is 5.97 Å². The van der Waals surface area contributed by atoms with Gasteiger partial charge in [0.2, 0.25) is 0 Å². The van der Waals surface area contributed by atoms with Crippen LogP contribution in [0.25, 0.3) is 0 Å². The summed E-state index contributed by atoms with van der Waals surface area (Å²) in [5.41, 5.74) is 0. The molecule has 6 nitrogen and oxygen atoms in total. The molecule has 0 bridgehead atoms. The van der Waals surface area contributed by atoms with Crippen molar-refractivity contribution in [2.75, 3.05) is 25.1 Å². The van der Waals surface area contributed by atoms with Gasteiger partial charge in [0, 0.05) is 13.1 Å². The molecule has 0 saturated carbocycles. The van der Waals surface area contributed by atoms with Crippen LogP contribution in [0.15, 0.2) is 6.20 Å².